The Bertz CT molecular complexity index is 1100. The van der Waals surface area contributed by atoms with Crippen molar-refractivity contribution in [3.63, 3.8) is 0 Å². The van der Waals surface area contributed by atoms with E-state index < -0.39 is 12.0 Å². The summed E-state index contributed by atoms with van der Waals surface area (Å²) in [6.07, 6.45) is -4.58. The van der Waals surface area contributed by atoms with Crippen LogP contribution in [0.25, 0.3) is 21.8 Å². The van der Waals surface area contributed by atoms with E-state index in [1.165, 1.54) is 11.8 Å². The second-order valence-electron chi connectivity index (χ2n) is 5.65. The fourth-order valence-electron chi connectivity index (χ4n) is 2.62. The fraction of sp³-hybridized carbons (Fsp3) is 0.105. The molecule has 130 valence electrons. The number of benzene rings is 2. The number of fused-ring (bicyclic) bond motifs is 2. The minimum Gasteiger partial charge on any atom is -0.252 e. The zero-order chi connectivity index (χ0) is 18.1. The Morgan fingerprint density at radius 2 is 1.50 bits per heavy atom. The van der Waals surface area contributed by atoms with Crippen LogP contribution in [0, 0.1) is 0 Å². The molecule has 0 saturated heterocycles. The predicted molar refractivity (Wildman–Crippen MR) is 95.8 cm³/mol. The van der Waals surface area contributed by atoms with Gasteiger partial charge in [0.25, 0.3) is 0 Å². The van der Waals surface area contributed by atoms with E-state index in [9.17, 15) is 13.2 Å². The maximum absolute atomic E-state index is 13.1. The lowest BCUT2D eigenvalue weighted by molar-refractivity contribution is -0.145. The number of hydrogen-bond donors (Lipinski definition) is 0. The molecule has 0 aliphatic heterocycles. The molecule has 0 aliphatic carbocycles. The second kappa shape index (κ2) is 6.57. The van der Waals surface area contributed by atoms with E-state index in [0.717, 1.165) is 16.6 Å². The lowest BCUT2D eigenvalue weighted by atomic mass is 10.2. The first kappa shape index (κ1) is 16.8. The van der Waals surface area contributed by atoms with Gasteiger partial charge in [0.2, 0.25) is 5.82 Å². The lowest BCUT2D eigenvalue weighted by Gasteiger charge is -2.10. The van der Waals surface area contributed by atoms with E-state index >= 15 is 0 Å². The largest absolute Gasteiger partial charge is 0.451 e. The van der Waals surface area contributed by atoms with Gasteiger partial charge in [-0.15, -0.1) is 0 Å². The monoisotopic (exact) mass is 371 g/mol. The minimum absolute atomic E-state index is 0.281. The van der Waals surface area contributed by atoms with Crippen molar-refractivity contribution in [2.45, 2.75) is 17.0 Å². The number of hydrogen-bond acceptors (Lipinski definition) is 4. The van der Waals surface area contributed by atoms with Gasteiger partial charge in [-0.1, -0.05) is 54.2 Å². The Morgan fingerprint density at radius 3 is 2.31 bits per heavy atom. The van der Waals surface area contributed by atoms with E-state index in [1.807, 2.05) is 36.4 Å². The normalized spacial score (nSPS) is 12.0. The van der Waals surface area contributed by atoms with E-state index in [-0.39, 0.29) is 5.52 Å². The van der Waals surface area contributed by atoms with Crippen LogP contribution in [0.1, 0.15) is 11.5 Å². The number of pyridine rings is 1. The molecule has 0 N–H and O–H groups in total. The maximum Gasteiger partial charge on any atom is 0.451 e. The summed E-state index contributed by atoms with van der Waals surface area (Å²) in [7, 11) is 0. The first-order valence-electron chi connectivity index (χ1n) is 7.82. The number of halogens is 3. The highest BCUT2D eigenvalue weighted by Gasteiger charge is 2.35. The highest BCUT2D eigenvalue weighted by molar-refractivity contribution is 7.98. The zero-order valence-corrected chi connectivity index (χ0v) is 14.2. The van der Waals surface area contributed by atoms with E-state index in [2.05, 4.69) is 15.0 Å². The van der Waals surface area contributed by atoms with Crippen LogP contribution in [-0.4, -0.2) is 15.0 Å². The van der Waals surface area contributed by atoms with Crippen molar-refractivity contribution in [3.8, 4) is 0 Å². The number of nitrogens with zero attached hydrogens (tertiary/aromatic N) is 3. The van der Waals surface area contributed by atoms with Crippen LogP contribution in [0.2, 0.25) is 0 Å². The Kier molecular flexibility index (Phi) is 4.24. The first-order valence-corrected chi connectivity index (χ1v) is 8.81. The summed E-state index contributed by atoms with van der Waals surface area (Å²) in [6.45, 7) is 0. The van der Waals surface area contributed by atoms with Gasteiger partial charge in [0, 0.05) is 16.5 Å². The average molecular weight is 371 g/mol. The minimum atomic E-state index is -4.58. The molecule has 0 aliphatic rings. The van der Waals surface area contributed by atoms with Gasteiger partial charge in [-0.3, -0.25) is 4.98 Å². The molecule has 4 rings (SSSR count). The van der Waals surface area contributed by atoms with Crippen molar-refractivity contribution >= 4 is 33.6 Å². The van der Waals surface area contributed by atoms with Crippen LogP contribution in [0.15, 0.2) is 65.7 Å². The molecule has 0 fully saturated rings. The van der Waals surface area contributed by atoms with Crippen LogP contribution in [0.3, 0.4) is 0 Å². The summed E-state index contributed by atoms with van der Waals surface area (Å²) in [5, 5.41) is 1.93. The molecule has 0 unspecified atom stereocenters. The predicted octanol–water partition coefficient (Wildman–Crippen LogP) is 5.49. The van der Waals surface area contributed by atoms with Gasteiger partial charge in [0.15, 0.2) is 0 Å². The first-order chi connectivity index (χ1) is 12.5. The standard InChI is InChI=1S/C19H12F3N3S/c20-19(21,22)18-24-16-8-4-2-6-14(16)17(25-18)26-11-13-10-9-12-5-1-3-7-15(12)23-13/h1-10H,11H2. The van der Waals surface area contributed by atoms with Crippen molar-refractivity contribution in [3.05, 3.63) is 72.2 Å². The van der Waals surface area contributed by atoms with Crippen LogP contribution >= 0.6 is 11.8 Å². The Labute approximate surface area is 151 Å². The van der Waals surface area contributed by atoms with E-state index in [1.54, 1.807) is 24.3 Å². The third-order valence-electron chi connectivity index (χ3n) is 3.83. The van der Waals surface area contributed by atoms with Gasteiger partial charge in [-0.05, 0) is 18.2 Å². The topological polar surface area (TPSA) is 38.7 Å². The van der Waals surface area contributed by atoms with Crippen molar-refractivity contribution < 1.29 is 13.2 Å². The number of rotatable bonds is 3. The average Bonchev–Trinajstić information content (AvgIpc) is 2.65. The van der Waals surface area contributed by atoms with Crippen LogP contribution in [-0.2, 0) is 11.9 Å². The van der Waals surface area contributed by atoms with Gasteiger partial charge < -0.3 is 0 Å². The summed E-state index contributed by atoms with van der Waals surface area (Å²) in [5.41, 5.74) is 1.92. The van der Waals surface area contributed by atoms with Gasteiger partial charge in [0.1, 0.15) is 5.03 Å². The van der Waals surface area contributed by atoms with Crippen LogP contribution < -0.4 is 0 Å². The molecule has 0 bridgehead atoms. The van der Waals surface area contributed by atoms with Gasteiger partial charge in [0.05, 0.1) is 16.7 Å². The fourth-order valence-corrected chi connectivity index (χ4v) is 3.54. The molecule has 3 nitrogen and oxygen atoms in total. The summed E-state index contributed by atoms with van der Waals surface area (Å²) in [4.78, 5) is 11.9. The summed E-state index contributed by atoms with van der Waals surface area (Å²) in [5.74, 6) is -0.700. The molecular formula is C19H12F3N3S. The van der Waals surface area contributed by atoms with Crippen LogP contribution in [0.5, 0.6) is 0 Å². The van der Waals surface area contributed by atoms with Gasteiger partial charge in [-0.2, -0.15) is 13.2 Å². The Hall–Kier alpha value is -2.67. The maximum atomic E-state index is 13.1. The third-order valence-corrected chi connectivity index (χ3v) is 4.86. The second-order valence-corrected chi connectivity index (χ2v) is 6.62. The molecule has 2 heterocycles. The molecule has 0 spiro atoms. The molecule has 2 aromatic carbocycles. The molecular weight excluding hydrogens is 359 g/mol. The zero-order valence-electron chi connectivity index (χ0n) is 13.4. The summed E-state index contributed by atoms with van der Waals surface area (Å²) in [6, 6.07) is 18.3. The van der Waals surface area contributed by atoms with Crippen molar-refractivity contribution in [2.24, 2.45) is 0 Å². The quantitative estimate of drug-likeness (QED) is 0.353. The number of thioether (sulfide) groups is 1. The SMILES string of the molecule is FC(F)(F)c1nc(SCc2ccc3ccccc3n2)c2ccccc2n1. The molecule has 4 aromatic rings. The highest BCUT2D eigenvalue weighted by Crippen LogP contribution is 2.33. The molecule has 0 radical (unpaired) electrons. The summed E-state index contributed by atoms with van der Waals surface area (Å²) < 4.78 is 39.3. The number of aromatic nitrogens is 3. The van der Waals surface area contributed by atoms with Crippen molar-refractivity contribution in [1.29, 1.82) is 0 Å². The molecule has 26 heavy (non-hydrogen) atoms. The molecule has 7 heteroatoms. The number of para-hydroxylation sites is 2. The highest BCUT2D eigenvalue weighted by atomic mass is 32.2. The summed E-state index contributed by atoms with van der Waals surface area (Å²) >= 11 is 1.23. The van der Waals surface area contributed by atoms with Crippen LogP contribution in [0.4, 0.5) is 13.2 Å². The molecule has 2 aromatic heterocycles. The van der Waals surface area contributed by atoms with Gasteiger partial charge >= 0.3 is 6.18 Å². The van der Waals surface area contributed by atoms with E-state index in [4.69, 9.17) is 0 Å². The van der Waals surface area contributed by atoms with Crippen molar-refractivity contribution in [2.75, 3.05) is 0 Å². The smallest absolute Gasteiger partial charge is 0.252 e. The molecule has 0 atom stereocenters. The van der Waals surface area contributed by atoms with E-state index in [0.29, 0.717) is 16.2 Å². The Morgan fingerprint density at radius 1 is 0.769 bits per heavy atom. The molecule has 0 amide bonds. The van der Waals surface area contributed by atoms with Crippen molar-refractivity contribution in [1.82, 2.24) is 15.0 Å². The molecule has 0 saturated carbocycles. The Balaban J connectivity index is 1.69. The number of alkyl halides is 3. The lowest BCUT2D eigenvalue weighted by Crippen LogP contribution is -2.11. The van der Waals surface area contributed by atoms with Gasteiger partial charge in [-0.25, -0.2) is 9.97 Å². The third kappa shape index (κ3) is 3.35.